The van der Waals surface area contributed by atoms with Crippen LogP contribution in [0.2, 0.25) is 0 Å². The van der Waals surface area contributed by atoms with Gasteiger partial charge < -0.3 is 0 Å². The average Bonchev–Trinajstić information content (AvgIpc) is 1.91. The molecular weight excluding hydrogens is 124 g/mol. The summed E-state index contributed by atoms with van der Waals surface area (Å²) in [7, 11) is 0. The lowest BCUT2D eigenvalue weighted by Crippen LogP contribution is -1.89. The molecule has 1 unspecified atom stereocenters. The van der Waals surface area contributed by atoms with Crippen LogP contribution in [0.1, 0.15) is 6.92 Å². The van der Waals surface area contributed by atoms with Gasteiger partial charge in [0.15, 0.2) is 0 Å². The summed E-state index contributed by atoms with van der Waals surface area (Å²) in [6.07, 6.45) is 0. The zero-order valence-electron chi connectivity index (χ0n) is 4.22. The molecule has 0 spiro atoms. The third-order valence-electron chi connectivity index (χ3n) is 1.06. The minimum Gasteiger partial charge on any atom is -0.147 e. The molecule has 1 aliphatic heterocycles. The molecule has 7 heavy (non-hydrogen) atoms. The number of hydrogen-bond donors (Lipinski definition) is 1. The Hall–Kier alpha value is 0.440. The van der Waals surface area contributed by atoms with Crippen LogP contribution in [-0.4, -0.2) is 5.75 Å². The Morgan fingerprint density at radius 1 is 2.00 bits per heavy atom. The van der Waals surface area contributed by atoms with Crippen LogP contribution in [-0.2, 0) is 0 Å². The van der Waals surface area contributed by atoms with Crippen LogP contribution in [0.3, 0.4) is 0 Å². The molecule has 0 aromatic heterocycles. The first-order chi connectivity index (χ1) is 3.30. The molecule has 40 valence electrons. The zero-order chi connectivity index (χ0) is 5.28. The Morgan fingerprint density at radius 3 is 2.86 bits per heavy atom. The normalized spacial score (nSPS) is 30.6. The van der Waals surface area contributed by atoms with E-state index in [1.807, 2.05) is 11.8 Å². The molecular formula is C5H8S2. The maximum Gasteiger partial charge on any atom is 0.00458 e. The van der Waals surface area contributed by atoms with Gasteiger partial charge in [-0.2, -0.15) is 0 Å². The third-order valence-corrected chi connectivity index (χ3v) is 2.91. The number of allylic oxidation sites excluding steroid dienone is 1. The Kier molecular flexibility index (Phi) is 1.70. The van der Waals surface area contributed by atoms with Crippen LogP contribution < -0.4 is 0 Å². The lowest BCUT2D eigenvalue weighted by molar-refractivity contribution is 0.847. The van der Waals surface area contributed by atoms with E-state index in [4.69, 9.17) is 0 Å². The van der Waals surface area contributed by atoms with Gasteiger partial charge in [0, 0.05) is 5.75 Å². The fourth-order valence-electron chi connectivity index (χ4n) is 0.479. The monoisotopic (exact) mass is 132 g/mol. The molecule has 1 heterocycles. The molecule has 0 bridgehead atoms. The predicted octanol–water partition coefficient (Wildman–Crippen LogP) is 2.14. The molecule has 2 heteroatoms. The minimum atomic E-state index is 0.702. The van der Waals surface area contributed by atoms with E-state index in [2.05, 4.69) is 25.0 Å². The second-order valence-electron chi connectivity index (χ2n) is 1.78. The SMILES string of the molecule is CC1CSC=C1S. The topological polar surface area (TPSA) is 0 Å². The Labute approximate surface area is 53.8 Å². The van der Waals surface area contributed by atoms with E-state index in [0.29, 0.717) is 5.92 Å². The van der Waals surface area contributed by atoms with Crippen molar-refractivity contribution >= 4 is 24.4 Å². The highest BCUT2D eigenvalue weighted by Crippen LogP contribution is 2.29. The lowest BCUT2D eigenvalue weighted by Gasteiger charge is -1.96. The molecule has 0 radical (unpaired) electrons. The van der Waals surface area contributed by atoms with Gasteiger partial charge in [0.05, 0.1) is 0 Å². The van der Waals surface area contributed by atoms with Gasteiger partial charge in [-0.25, -0.2) is 0 Å². The molecule has 1 aliphatic rings. The number of thioether (sulfide) groups is 1. The molecule has 0 saturated heterocycles. The third kappa shape index (κ3) is 1.16. The molecule has 0 aromatic rings. The summed E-state index contributed by atoms with van der Waals surface area (Å²) >= 11 is 6.08. The van der Waals surface area contributed by atoms with Gasteiger partial charge >= 0.3 is 0 Å². The Bertz CT molecular complexity index is 96.3. The van der Waals surface area contributed by atoms with Crippen LogP contribution in [0.5, 0.6) is 0 Å². The standard InChI is InChI=1S/C5H8S2/c1-4-2-7-3-5(4)6/h3-4,6H,2H2,1H3. The van der Waals surface area contributed by atoms with Crippen molar-refractivity contribution in [1.29, 1.82) is 0 Å². The van der Waals surface area contributed by atoms with Crippen molar-refractivity contribution in [2.45, 2.75) is 6.92 Å². The Balaban J connectivity index is 2.54. The van der Waals surface area contributed by atoms with E-state index in [1.165, 1.54) is 10.7 Å². The molecule has 1 rings (SSSR count). The molecule has 0 amide bonds. The van der Waals surface area contributed by atoms with E-state index < -0.39 is 0 Å². The van der Waals surface area contributed by atoms with Gasteiger partial charge in [-0.05, 0) is 16.2 Å². The molecule has 0 fully saturated rings. The maximum atomic E-state index is 4.23. The molecule has 0 saturated carbocycles. The van der Waals surface area contributed by atoms with Crippen molar-refractivity contribution in [2.75, 3.05) is 5.75 Å². The van der Waals surface area contributed by atoms with E-state index >= 15 is 0 Å². The van der Waals surface area contributed by atoms with Crippen molar-refractivity contribution in [1.82, 2.24) is 0 Å². The summed E-state index contributed by atoms with van der Waals surface area (Å²) in [4.78, 5) is 1.24. The highest BCUT2D eigenvalue weighted by molar-refractivity contribution is 8.03. The van der Waals surface area contributed by atoms with Crippen molar-refractivity contribution in [3.8, 4) is 0 Å². The summed E-state index contributed by atoms with van der Waals surface area (Å²) in [5.74, 6) is 1.92. The summed E-state index contributed by atoms with van der Waals surface area (Å²) in [6.45, 7) is 2.19. The van der Waals surface area contributed by atoms with Crippen molar-refractivity contribution in [3.63, 3.8) is 0 Å². The first-order valence-corrected chi connectivity index (χ1v) is 3.81. The smallest absolute Gasteiger partial charge is 0.00458 e. The maximum absolute atomic E-state index is 4.23. The minimum absolute atomic E-state index is 0.702. The van der Waals surface area contributed by atoms with Gasteiger partial charge in [0.2, 0.25) is 0 Å². The molecule has 1 atom stereocenters. The quantitative estimate of drug-likeness (QED) is 0.493. The molecule has 0 N–H and O–H groups in total. The largest absolute Gasteiger partial charge is 0.147 e. The number of rotatable bonds is 0. The van der Waals surface area contributed by atoms with Crippen molar-refractivity contribution < 1.29 is 0 Å². The van der Waals surface area contributed by atoms with Gasteiger partial charge in [-0.15, -0.1) is 24.4 Å². The number of thiol groups is 1. The first-order valence-electron chi connectivity index (χ1n) is 2.31. The molecule has 0 aromatic carbocycles. The fraction of sp³-hybridized carbons (Fsp3) is 0.600. The van der Waals surface area contributed by atoms with Crippen LogP contribution in [0.25, 0.3) is 0 Å². The zero-order valence-corrected chi connectivity index (χ0v) is 5.93. The summed E-state index contributed by atoms with van der Waals surface area (Å²) in [6, 6.07) is 0. The van der Waals surface area contributed by atoms with Gasteiger partial charge in [0.25, 0.3) is 0 Å². The molecule has 0 nitrogen and oxygen atoms in total. The van der Waals surface area contributed by atoms with Crippen LogP contribution in [0.15, 0.2) is 10.3 Å². The summed E-state index contributed by atoms with van der Waals surface area (Å²) in [5, 5.41) is 2.12. The van der Waals surface area contributed by atoms with Crippen LogP contribution in [0, 0.1) is 5.92 Å². The second kappa shape index (κ2) is 2.14. The first kappa shape index (κ1) is 5.57. The fourth-order valence-corrected chi connectivity index (χ4v) is 1.89. The van der Waals surface area contributed by atoms with Gasteiger partial charge in [0.1, 0.15) is 0 Å². The van der Waals surface area contributed by atoms with Crippen LogP contribution >= 0.6 is 24.4 Å². The van der Waals surface area contributed by atoms with Crippen molar-refractivity contribution in [3.05, 3.63) is 10.3 Å². The van der Waals surface area contributed by atoms with Crippen molar-refractivity contribution in [2.24, 2.45) is 5.92 Å². The van der Waals surface area contributed by atoms with Gasteiger partial charge in [-0.3, -0.25) is 0 Å². The summed E-state index contributed by atoms with van der Waals surface area (Å²) < 4.78 is 0. The van der Waals surface area contributed by atoms with Gasteiger partial charge in [-0.1, -0.05) is 6.92 Å². The highest BCUT2D eigenvalue weighted by Gasteiger charge is 2.09. The lowest BCUT2D eigenvalue weighted by atomic mass is 10.2. The molecule has 0 aliphatic carbocycles. The highest BCUT2D eigenvalue weighted by atomic mass is 32.2. The second-order valence-corrected chi connectivity index (χ2v) is 3.20. The van der Waals surface area contributed by atoms with Crippen LogP contribution in [0.4, 0.5) is 0 Å². The van der Waals surface area contributed by atoms with E-state index in [0.717, 1.165) is 0 Å². The predicted molar refractivity (Wildman–Crippen MR) is 38.7 cm³/mol. The van der Waals surface area contributed by atoms with E-state index in [9.17, 15) is 0 Å². The van der Waals surface area contributed by atoms with E-state index in [1.54, 1.807) is 0 Å². The summed E-state index contributed by atoms with van der Waals surface area (Å²) in [5.41, 5.74) is 0. The Morgan fingerprint density at radius 2 is 2.71 bits per heavy atom. The van der Waals surface area contributed by atoms with E-state index in [-0.39, 0.29) is 0 Å². The number of hydrogen-bond acceptors (Lipinski definition) is 2. The average molecular weight is 132 g/mol.